The number of rotatable bonds is 9. The van der Waals surface area contributed by atoms with Gasteiger partial charge < -0.3 is 0 Å². The molecule has 1 aliphatic carbocycles. The molecular formula is C85H82. The van der Waals surface area contributed by atoms with E-state index in [0.29, 0.717) is 0 Å². The highest BCUT2D eigenvalue weighted by atomic mass is 14.5. The van der Waals surface area contributed by atoms with Gasteiger partial charge in [0.15, 0.2) is 0 Å². The summed E-state index contributed by atoms with van der Waals surface area (Å²) >= 11 is 0. The molecule has 0 bridgehead atoms. The highest BCUT2D eigenvalue weighted by Gasteiger charge is 2.47. The summed E-state index contributed by atoms with van der Waals surface area (Å²) in [4.78, 5) is 0. The van der Waals surface area contributed by atoms with Gasteiger partial charge in [0.05, 0.1) is 5.41 Å². The molecular weight excluding hydrogens is 1020 g/mol. The number of hydrogen-bond donors (Lipinski definition) is 0. The number of fused-ring (bicyclic) bond motifs is 3. The van der Waals surface area contributed by atoms with Crippen LogP contribution in [0.1, 0.15) is 139 Å². The number of aryl methyl sites for hydroxylation is 2. The van der Waals surface area contributed by atoms with Crippen LogP contribution < -0.4 is 0 Å². The molecule has 0 amide bonds. The van der Waals surface area contributed by atoms with Crippen molar-refractivity contribution in [1.29, 1.82) is 0 Å². The van der Waals surface area contributed by atoms with Crippen LogP contribution in [0, 0.1) is 13.8 Å². The second-order valence-corrected chi connectivity index (χ2v) is 28.4. The average Bonchev–Trinajstić information content (AvgIpc) is 1.57. The molecule has 11 aromatic rings. The van der Waals surface area contributed by atoms with Crippen LogP contribution in [0.3, 0.4) is 0 Å². The van der Waals surface area contributed by atoms with Crippen LogP contribution in [0.15, 0.2) is 243 Å². The molecule has 1 aliphatic rings. The topological polar surface area (TPSA) is 0 Å². The van der Waals surface area contributed by atoms with Crippen molar-refractivity contribution >= 4 is 0 Å². The minimum absolute atomic E-state index is 0.0535. The Hall–Kier alpha value is -8.58. The fourth-order valence-electron chi connectivity index (χ4n) is 13.2. The van der Waals surface area contributed by atoms with Crippen LogP contribution in [0.4, 0.5) is 0 Å². The highest BCUT2D eigenvalue weighted by Crippen LogP contribution is 2.59. The van der Waals surface area contributed by atoms with Crippen LogP contribution in [0.25, 0.3) is 89.0 Å². The summed E-state index contributed by atoms with van der Waals surface area (Å²) in [6, 6.07) is 93.7. The summed E-state index contributed by atoms with van der Waals surface area (Å²) in [6.45, 7) is 32.0. The molecule has 0 unspecified atom stereocenters. The molecule has 11 aromatic carbocycles. The maximum Gasteiger partial charge on any atom is 0.0714 e. The fraction of sp³-hybridized carbons (Fsp3) is 0.224. The molecule has 0 aliphatic heterocycles. The van der Waals surface area contributed by atoms with E-state index >= 15 is 0 Å². The predicted molar refractivity (Wildman–Crippen MR) is 366 cm³/mol. The Morgan fingerprint density at radius 2 is 0.576 bits per heavy atom. The van der Waals surface area contributed by atoms with Gasteiger partial charge in [0.1, 0.15) is 0 Å². The van der Waals surface area contributed by atoms with E-state index in [2.05, 4.69) is 340 Å². The first-order valence-corrected chi connectivity index (χ1v) is 30.7. The van der Waals surface area contributed by atoms with E-state index in [1.54, 1.807) is 0 Å². The lowest BCUT2D eigenvalue weighted by atomic mass is 9.66. The fourth-order valence-corrected chi connectivity index (χ4v) is 13.2. The minimum Gasteiger partial charge on any atom is -0.0620 e. The number of benzene rings is 11. The third kappa shape index (κ3) is 10.9. The molecule has 85 heavy (non-hydrogen) atoms. The zero-order valence-corrected chi connectivity index (χ0v) is 52.6. The predicted octanol–water partition coefficient (Wildman–Crippen LogP) is 23.5. The van der Waals surface area contributed by atoms with Gasteiger partial charge in [-0.3, -0.25) is 0 Å². The summed E-state index contributed by atoms with van der Waals surface area (Å²) in [5.74, 6) is 0. The standard InChI is InChI=1S/C85H82/c1-55-28-45-78-77(46-55)80-76(75-25-16-15-20-56(75)2)26-19-27-79(80)85(78,73-23-17-21-61(53-73)67-49-63(57-29-37-69(38-30-57)81(3,4)5)47-64(50-67)58-31-39-70(40-32-58)82(6,7)8)74-24-18-22-62(54-74)68-51-65(59-33-41-71(42-34-59)83(9,10)11)48-66(52-68)60-35-43-72(44-36-60)84(12,13)14/h15-54H,1-14H3. The lowest BCUT2D eigenvalue weighted by molar-refractivity contribution is 0.590. The largest absolute Gasteiger partial charge is 0.0714 e. The van der Waals surface area contributed by atoms with Crippen LogP contribution in [0.5, 0.6) is 0 Å². The smallest absolute Gasteiger partial charge is 0.0620 e. The molecule has 0 saturated heterocycles. The van der Waals surface area contributed by atoms with Crippen molar-refractivity contribution in [2.24, 2.45) is 0 Å². The second kappa shape index (κ2) is 21.5. The minimum atomic E-state index is -0.707. The van der Waals surface area contributed by atoms with Crippen molar-refractivity contribution in [2.75, 3.05) is 0 Å². The Morgan fingerprint density at radius 3 is 0.941 bits per heavy atom. The van der Waals surface area contributed by atoms with Crippen molar-refractivity contribution < 1.29 is 0 Å². The summed E-state index contributed by atoms with van der Waals surface area (Å²) in [5, 5.41) is 0. The molecule has 12 rings (SSSR count). The molecule has 422 valence electrons. The zero-order chi connectivity index (χ0) is 59.8. The highest BCUT2D eigenvalue weighted by molar-refractivity contribution is 5.97. The van der Waals surface area contributed by atoms with Crippen LogP contribution in [-0.2, 0) is 27.1 Å². The summed E-state index contributed by atoms with van der Waals surface area (Å²) in [7, 11) is 0. The van der Waals surface area contributed by atoms with E-state index in [4.69, 9.17) is 0 Å². The zero-order valence-electron chi connectivity index (χ0n) is 52.6. The van der Waals surface area contributed by atoms with E-state index in [-0.39, 0.29) is 21.7 Å². The first kappa shape index (κ1) is 56.9. The third-order valence-corrected chi connectivity index (χ3v) is 18.2. The quantitative estimate of drug-likeness (QED) is 0.135. The second-order valence-electron chi connectivity index (χ2n) is 28.4. The molecule has 0 aromatic heterocycles. The molecule has 0 saturated carbocycles. The molecule has 0 spiro atoms. The van der Waals surface area contributed by atoms with E-state index in [1.165, 1.54) is 145 Å². The monoisotopic (exact) mass is 1100 g/mol. The van der Waals surface area contributed by atoms with Gasteiger partial charge in [0, 0.05) is 0 Å². The Bertz CT molecular complexity index is 3930. The molecule has 0 radical (unpaired) electrons. The van der Waals surface area contributed by atoms with E-state index < -0.39 is 5.41 Å². The normalized spacial score (nSPS) is 13.2. The van der Waals surface area contributed by atoms with Crippen molar-refractivity contribution in [1.82, 2.24) is 0 Å². The van der Waals surface area contributed by atoms with Gasteiger partial charge in [0.25, 0.3) is 0 Å². The van der Waals surface area contributed by atoms with Crippen molar-refractivity contribution in [3.63, 3.8) is 0 Å². The molecule has 0 heterocycles. The van der Waals surface area contributed by atoms with Gasteiger partial charge in [0.2, 0.25) is 0 Å². The molecule has 0 fully saturated rings. The lowest BCUT2D eigenvalue weighted by Crippen LogP contribution is -2.28. The van der Waals surface area contributed by atoms with Gasteiger partial charge in [-0.2, -0.15) is 0 Å². The van der Waals surface area contributed by atoms with Crippen LogP contribution in [0.2, 0.25) is 0 Å². The lowest BCUT2D eigenvalue weighted by Gasteiger charge is -2.35. The van der Waals surface area contributed by atoms with E-state index in [0.717, 1.165) is 0 Å². The van der Waals surface area contributed by atoms with E-state index in [1.807, 2.05) is 0 Å². The maximum absolute atomic E-state index is 2.52. The Morgan fingerprint density at radius 1 is 0.235 bits per heavy atom. The molecule has 0 atom stereocenters. The van der Waals surface area contributed by atoms with Gasteiger partial charge in [-0.05, 0) is 223 Å². The van der Waals surface area contributed by atoms with E-state index in [9.17, 15) is 0 Å². The van der Waals surface area contributed by atoms with Gasteiger partial charge in [-0.25, -0.2) is 0 Å². The molecule has 0 nitrogen and oxygen atoms in total. The Kier molecular flexibility index (Phi) is 14.4. The summed E-state index contributed by atoms with van der Waals surface area (Å²) in [6.07, 6.45) is 0. The Balaban J connectivity index is 1.10. The van der Waals surface area contributed by atoms with Crippen LogP contribution >= 0.6 is 0 Å². The Labute approximate surface area is 508 Å². The summed E-state index contributed by atoms with van der Waals surface area (Å²) in [5.41, 5.74) is 31.9. The third-order valence-electron chi connectivity index (χ3n) is 18.2. The first-order valence-electron chi connectivity index (χ1n) is 30.7. The van der Waals surface area contributed by atoms with Crippen molar-refractivity contribution in [3.05, 3.63) is 298 Å². The van der Waals surface area contributed by atoms with Gasteiger partial charge in [-0.1, -0.05) is 283 Å². The van der Waals surface area contributed by atoms with Gasteiger partial charge >= 0.3 is 0 Å². The first-order chi connectivity index (χ1) is 40.4. The van der Waals surface area contributed by atoms with Crippen molar-refractivity contribution in [2.45, 2.75) is 124 Å². The maximum atomic E-state index is 2.52. The number of hydrogen-bond acceptors (Lipinski definition) is 0. The molecule has 0 N–H and O–H groups in total. The average molecular weight is 1100 g/mol. The van der Waals surface area contributed by atoms with Gasteiger partial charge in [-0.15, -0.1) is 0 Å². The summed E-state index contributed by atoms with van der Waals surface area (Å²) < 4.78 is 0. The van der Waals surface area contributed by atoms with Crippen molar-refractivity contribution in [3.8, 4) is 89.0 Å². The SMILES string of the molecule is Cc1ccc2c(c1)-c1c(-c3ccccc3C)cccc1C2(c1cccc(-c2cc(-c3ccc(C(C)(C)C)cc3)cc(-c3ccc(C(C)(C)C)cc3)c2)c1)c1cccc(-c2cc(-c3ccc(C(C)(C)C)cc3)cc(-c3ccc(C(C)(C)C)cc3)c2)c1. The molecule has 0 heteroatoms. The van der Waals surface area contributed by atoms with Crippen LogP contribution in [-0.4, -0.2) is 0 Å².